The number of anilines is 1. The normalized spacial score (nSPS) is 12.4. The van der Waals surface area contributed by atoms with Crippen LogP contribution in [0.2, 0.25) is 0 Å². The van der Waals surface area contributed by atoms with Crippen LogP contribution in [0.4, 0.5) is 5.69 Å². The molecule has 0 bridgehead atoms. The molecule has 0 aliphatic heterocycles. The number of aliphatic hydroxyl groups is 1. The van der Waals surface area contributed by atoms with Crippen LogP contribution in [0.25, 0.3) is 0 Å². The van der Waals surface area contributed by atoms with Gasteiger partial charge >= 0.3 is 7.12 Å². The maximum atomic E-state index is 10.1. The Morgan fingerprint density at radius 2 is 1.79 bits per heavy atom. The zero-order chi connectivity index (χ0) is 14.8. The third-order valence-electron chi connectivity index (χ3n) is 3.42. The Morgan fingerprint density at radius 3 is 2.26 bits per heavy atom. The number of nitrogens with two attached hydrogens (primary N) is 1. The van der Waals surface area contributed by atoms with E-state index in [1.54, 1.807) is 45.9 Å². The molecule has 5 nitrogen and oxygen atoms in total. The van der Waals surface area contributed by atoms with E-state index in [1.165, 1.54) is 7.11 Å². The predicted octanol–water partition coefficient (Wildman–Crippen LogP) is 0.531. The van der Waals surface area contributed by atoms with Crippen LogP contribution in [0.15, 0.2) is 18.2 Å². The Bertz CT molecular complexity index is 443. The van der Waals surface area contributed by atoms with Gasteiger partial charge in [-0.1, -0.05) is 6.07 Å². The Balaban J connectivity index is 2.93. The Morgan fingerprint density at radius 1 is 1.21 bits per heavy atom. The molecule has 0 saturated heterocycles. The molecular weight excluding hydrogens is 245 g/mol. The lowest BCUT2D eigenvalue weighted by atomic mass is 9.76. The maximum absolute atomic E-state index is 10.1. The van der Waals surface area contributed by atoms with Crippen molar-refractivity contribution in [2.45, 2.75) is 38.9 Å². The van der Waals surface area contributed by atoms with Crippen LogP contribution in [-0.2, 0) is 4.65 Å². The fourth-order valence-corrected chi connectivity index (χ4v) is 1.37. The standard InChI is InChI=1S/C13H22BNO4/c1-12(2,16)13(3,4)19-14(17)9-6-7-10(15)11(8-9)18-5/h6-8,16-17H,15H2,1-5H3. The maximum Gasteiger partial charge on any atom is 0.491 e. The van der Waals surface area contributed by atoms with Crippen molar-refractivity contribution in [1.82, 2.24) is 0 Å². The second-order valence-electron chi connectivity index (χ2n) is 5.54. The molecule has 19 heavy (non-hydrogen) atoms. The molecule has 0 spiro atoms. The van der Waals surface area contributed by atoms with Crippen LogP contribution in [0.3, 0.4) is 0 Å². The Hall–Kier alpha value is -1.24. The van der Waals surface area contributed by atoms with Crippen LogP contribution in [-0.4, -0.2) is 35.6 Å². The molecule has 0 heterocycles. The zero-order valence-electron chi connectivity index (χ0n) is 12.1. The zero-order valence-corrected chi connectivity index (χ0v) is 12.1. The molecule has 6 heteroatoms. The lowest BCUT2D eigenvalue weighted by Crippen LogP contribution is -2.53. The largest absolute Gasteiger partial charge is 0.495 e. The van der Waals surface area contributed by atoms with Gasteiger partial charge < -0.3 is 25.3 Å². The Labute approximate surface area is 114 Å². The number of ether oxygens (including phenoxy) is 1. The minimum atomic E-state index is -1.17. The molecule has 1 aromatic rings. The van der Waals surface area contributed by atoms with Gasteiger partial charge in [0.1, 0.15) is 5.75 Å². The molecule has 0 aromatic heterocycles. The highest BCUT2D eigenvalue weighted by atomic mass is 16.5. The molecule has 106 valence electrons. The summed E-state index contributed by atoms with van der Waals surface area (Å²) in [6, 6.07) is 4.90. The predicted molar refractivity (Wildman–Crippen MR) is 76.5 cm³/mol. The van der Waals surface area contributed by atoms with Gasteiger partial charge in [0.25, 0.3) is 0 Å². The summed E-state index contributed by atoms with van der Waals surface area (Å²) < 4.78 is 10.6. The van der Waals surface area contributed by atoms with Gasteiger partial charge in [-0.3, -0.25) is 0 Å². The first-order valence-electron chi connectivity index (χ1n) is 6.10. The SMILES string of the molecule is COc1cc(B(O)OC(C)(C)C(C)(C)O)ccc1N. The van der Waals surface area contributed by atoms with E-state index in [1.807, 2.05) is 0 Å². The van der Waals surface area contributed by atoms with Crippen molar-refractivity contribution in [3.8, 4) is 5.75 Å². The number of hydrogen-bond donors (Lipinski definition) is 3. The van der Waals surface area contributed by atoms with Gasteiger partial charge in [0, 0.05) is 0 Å². The fraction of sp³-hybridized carbons (Fsp3) is 0.538. The summed E-state index contributed by atoms with van der Waals surface area (Å²) in [6.45, 7) is 6.68. The summed E-state index contributed by atoms with van der Waals surface area (Å²) in [5.41, 5.74) is 4.71. The average molecular weight is 267 g/mol. The smallest absolute Gasteiger partial charge is 0.491 e. The van der Waals surface area contributed by atoms with Crippen LogP contribution in [0, 0.1) is 0 Å². The molecule has 1 aromatic carbocycles. The molecule has 0 amide bonds. The van der Waals surface area contributed by atoms with E-state index < -0.39 is 18.3 Å². The average Bonchev–Trinajstić information content (AvgIpc) is 2.27. The molecule has 0 atom stereocenters. The first-order chi connectivity index (χ1) is 8.58. The molecule has 1 rings (SSSR count). The van der Waals surface area contributed by atoms with Gasteiger partial charge in [0.05, 0.1) is 24.0 Å². The van der Waals surface area contributed by atoms with Gasteiger partial charge in [-0.25, -0.2) is 0 Å². The number of nitrogen functional groups attached to an aromatic ring is 1. The van der Waals surface area contributed by atoms with Crippen LogP contribution >= 0.6 is 0 Å². The van der Waals surface area contributed by atoms with Crippen LogP contribution < -0.4 is 15.9 Å². The van der Waals surface area contributed by atoms with Gasteiger partial charge in [-0.15, -0.1) is 0 Å². The van der Waals surface area contributed by atoms with Gasteiger partial charge in [-0.2, -0.15) is 0 Å². The van der Waals surface area contributed by atoms with E-state index in [0.29, 0.717) is 16.9 Å². The second-order valence-corrected chi connectivity index (χ2v) is 5.54. The number of benzene rings is 1. The lowest BCUT2D eigenvalue weighted by Gasteiger charge is -2.38. The summed E-state index contributed by atoms with van der Waals surface area (Å²) in [5, 5.41) is 20.1. The fourth-order valence-electron chi connectivity index (χ4n) is 1.37. The van der Waals surface area contributed by atoms with E-state index >= 15 is 0 Å². The van der Waals surface area contributed by atoms with Crippen molar-refractivity contribution in [3.05, 3.63) is 18.2 Å². The van der Waals surface area contributed by atoms with Crippen molar-refractivity contribution in [1.29, 1.82) is 0 Å². The van der Waals surface area contributed by atoms with E-state index in [0.717, 1.165) is 0 Å². The summed E-state index contributed by atoms with van der Waals surface area (Å²) in [6.07, 6.45) is 0. The highest BCUT2D eigenvalue weighted by Gasteiger charge is 2.39. The summed E-state index contributed by atoms with van der Waals surface area (Å²) >= 11 is 0. The summed E-state index contributed by atoms with van der Waals surface area (Å²) in [5.74, 6) is 0.473. The lowest BCUT2D eigenvalue weighted by molar-refractivity contribution is -0.0982. The minimum Gasteiger partial charge on any atom is -0.495 e. The van der Waals surface area contributed by atoms with Gasteiger partial charge in [-0.05, 0) is 45.3 Å². The molecule has 0 fully saturated rings. The number of rotatable bonds is 5. The van der Waals surface area contributed by atoms with Crippen molar-refractivity contribution < 1.29 is 19.5 Å². The number of hydrogen-bond acceptors (Lipinski definition) is 5. The molecule has 0 unspecified atom stereocenters. The second kappa shape index (κ2) is 5.40. The Kier molecular flexibility index (Phi) is 4.50. The number of methoxy groups -OCH3 is 1. The minimum absolute atomic E-state index is 0.473. The highest BCUT2D eigenvalue weighted by molar-refractivity contribution is 6.60. The first-order valence-corrected chi connectivity index (χ1v) is 6.10. The quantitative estimate of drug-likeness (QED) is 0.535. The molecule has 0 radical (unpaired) electrons. The topological polar surface area (TPSA) is 84.9 Å². The van der Waals surface area contributed by atoms with Crippen molar-refractivity contribution >= 4 is 18.3 Å². The highest BCUT2D eigenvalue weighted by Crippen LogP contribution is 2.26. The molecule has 0 aliphatic carbocycles. The van der Waals surface area contributed by atoms with E-state index in [9.17, 15) is 10.1 Å². The van der Waals surface area contributed by atoms with Crippen molar-refractivity contribution in [2.24, 2.45) is 0 Å². The molecule has 4 N–H and O–H groups in total. The molecule has 0 aliphatic rings. The summed E-state index contributed by atoms with van der Waals surface area (Å²) in [7, 11) is 0.333. The van der Waals surface area contributed by atoms with Crippen molar-refractivity contribution in [3.63, 3.8) is 0 Å². The van der Waals surface area contributed by atoms with Gasteiger partial charge in [0.2, 0.25) is 0 Å². The summed E-state index contributed by atoms with van der Waals surface area (Å²) in [4.78, 5) is 0. The van der Waals surface area contributed by atoms with E-state index in [-0.39, 0.29) is 0 Å². The molecule has 0 saturated carbocycles. The van der Waals surface area contributed by atoms with Crippen molar-refractivity contribution in [2.75, 3.05) is 12.8 Å². The third-order valence-corrected chi connectivity index (χ3v) is 3.42. The van der Waals surface area contributed by atoms with Crippen LogP contribution in [0.5, 0.6) is 5.75 Å². The van der Waals surface area contributed by atoms with Gasteiger partial charge in [0.15, 0.2) is 0 Å². The monoisotopic (exact) mass is 267 g/mol. The first kappa shape index (κ1) is 15.8. The van der Waals surface area contributed by atoms with E-state index in [4.69, 9.17) is 15.1 Å². The van der Waals surface area contributed by atoms with Crippen LogP contribution in [0.1, 0.15) is 27.7 Å². The third kappa shape index (κ3) is 3.62. The molecular formula is C13H22BNO4. The van der Waals surface area contributed by atoms with E-state index in [2.05, 4.69) is 0 Å².